The summed E-state index contributed by atoms with van der Waals surface area (Å²) in [6, 6.07) is 4.91. The summed E-state index contributed by atoms with van der Waals surface area (Å²) in [6.45, 7) is 11.3. The van der Waals surface area contributed by atoms with Crippen molar-refractivity contribution in [3.05, 3.63) is 34.4 Å². The summed E-state index contributed by atoms with van der Waals surface area (Å²) < 4.78 is 5.28. The minimum atomic E-state index is 0.419. The van der Waals surface area contributed by atoms with Gasteiger partial charge in [-0.25, -0.2) is 0 Å². The molecule has 2 atom stereocenters. The van der Waals surface area contributed by atoms with Crippen LogP contribution in [0.3, 0.4) is 0 Å². The van der Waals surface area contributed by atoms with E-state index < -0.39 is 0 Å². The first kappa shape index (κ1) is 14.1. The largest absolute Gasteiger partial charge is 0.385 e. The van der Waals surface area contributed by atoms with Crippen LogP contribution >= 0.6 is 0 Å². The Morgan fingerprint density at radius 2 is 2.05 bits per heavy atom. The molecule has 1 aliphatic heterocycles. The molecule has 3 rings (SSSR count). The van der Waals surface area contributed by atoms with Crippen LogP contribution in [0.25, 0.3) is 0 Å². The molecule has 0 aromatic heterocycles. The molecule has 0 saturated carbocycles. The summed E-state index contributed by atoms with van der Waals surface area (Å²) in [5.74, 6) is 0.758. The Morgan fingerprint density at radius 1 is 1.30 bits per heavy atom. The van der Waals surface area contributed by atoms with Crippen LogP contribution in [-0.2, 0) is 10.2 Å². The molecule has 0 N–H and O–H groups in total. The molecular weight excluding hydrogens is 246 g/mol. The van der Waals surface area contributed by atoms with Gasteiger partial charge in [0.1, 0.15) is 0 Å². The van der Waals surface area contributed by atoms with Crippen LogP contribution in [0.15, 0.2) is 12.1 Å². The Morgan fingerprint density at radius 3 is 2.75 bits per heavy atom. The van der Waals surface area contributed by atoms with Crippen molar-refractivity contribution >= 4 is 0 Å². The van der Waals surface area contributed by atoms with Crippen LogP contribution in [0.4, 0.5) is 0 Å². The highest BCUT2D eigenvalue weighted by Crippen LogP contribution is 2.58. The maximum absolute atomic E-state index is 5.28. The third kappa shape index (κ3) is 1.93. The van der Waals surface area contributed by atoms with E-state index >= 15 is 0 Å². The van der Waals surface area contributed by atoms with Crippen LogP contribution < -0.4 is 0 Å². The van der Waals surface area contributed by atoms with Crippen LogP contribution in [0.5, 0.6) is 0 Å². The molecule has 2 heteroatoms. The Labute approximate surface area is 123 Å². The fourth-order valence-electron chi connectivity index (χ4n) is 4.32. The summed E-state index contributed by atoms with van der Waals surface area (Å²) in [7, 11) is 1.81. The minimum Gasteiger partial charge on any atom is -0.385 e. The number of methoxy groups -OCH3 is 1. The molecule has 1 aromatic rings. The zero-order valence-electron chi connectivity index (χ0n) is 13.3. The molecule has 1 aromatic carbocycles. The second-order valence-electron chi connectivity index (χ2n) is 6.66. The van der Waals surface area contributed by atoms with Gasteiger partial charge in [0.25, 0.3) is 0 Å². The van der Waals surface area contributed by atoms with E-state index in [1.165, 1.54) is 43.6 Å². The van der Waals surface area contributed by atoms with E-state index in [1.807, 2.05) is 7.11 Å². The van der Waals surface area contributed by atoms with Gasteiger partial charge < -0.3 is 9.64 Å². The molecule has 1 heterocycles. The smallest absolute Gasteiger partial charge is 0.0462 e. The van der Waals surface area contributed by atoms with Crippen LogP contribution in [0.1, 0.15) is 47.9 Å². The number of hydrogen-bond acceptors (Lipinski definition) is 2. The maximum Gasteiger partial charge on any atom is 0.0462 e. The van der Waals surface area contributed by atoms with Crippen LogP contribution in [0, 0.1) is 13.8 Å². The molecule has 0 spiro atoms. The third-order valence-electron chi connectivity index (χ3n) is 5.61. The topological polar surface area (TPSA) is 12.5 Å². The lowest BCUT2D eigenvalue weighted by Gasteiger charge is -2.47. The maximum atomic E-state index is 5.28. The second kappa shape index (κ2) is 5.16. The Kier molecular flexibility index (Phi) is 3.64. The van der Waals surface area contributed by atoms with Gasteiger partial charge in [0.2, 0.25) is 0 Å². The first-order valence-electron chi connectivity index (χ1n) is 7.95. The molecule has 2 unspecified atom stereocenters. The Bertz CT molecular complexity index is 510. The first-order chi connectivity index (χ1) is 9.62. The lowest BCUT2D eigenvalue weighted by Crippen LogP contribution is -2.44. The predicted molar refractivity (Wildman–Crippen MR) is 83.6 cm³/mol. The van der Waals surface area contributed by atoms with Gasteiger partial charge in [0.15, 0.2) is 0 Å². The van der Waals surface area contributed by atoms with E-state index in [-0.39, 0.29) is 0 Å². The van der Waals surface area contributed by atoms with Crippen molar-refractivity contribution < 1.29 is 4.74 Å². The number of hydrogen-bond donors (Lipinski definition) is 0. The van der Waals surface area contributed by atoms with E-state index in [2.05, 4.69) is 37.8 Å². The van der Waals surface area contributed by atoms with Gasteiger partial charge in [-0.15, -0.1) is 0 Å². The van der Waals surface area contributed by atoms with Gasteiger partial charge in [-0.05, 0) is 55.5 Å². The van der Waals surface area contributed by atoms with Crippen LogP contribution in [0.2, 0.25) is 0 Å². The lowest BCUT2D eigenvalue weighted by atomic mass is 9.55. The fourth-order valence-corrected chi connectivity index (χ4v) is 4.32. The van der Waals surface area contributed by atoms with Crippen molar-refractivity contribution in [2.75, 3.05) is 33.4 Å². The van der Waals surface area contributed by atoms with Crippen molar-refractivity contribution in [1.29, 1.82) is 0 Å². The summed E-state index contributed by atoms with van der Waals surface area (Å²) in [5.41, 5.74) is 6.58. The van der Waals surface area contributed by atoms with Gasteiger partial charge in [-0.2, -0.15) is 0 Å². The quantitative estimate of drug-likeness (QED) is 0.762. The summed E-state index contributed by atoms with van der Waals surface area (Å²) in [5, 5.41) is 0. The van der Waals surface area contributed by atoms with Gasteiger partial charge in [-0.3, -0.25) is 0 Å². The van der Waals surface area contributed by atoms with Gasteiger partial charge in [0.05, 0.1) is 0 Å². The highest BCUT2D eigenvalue weighted by Gasteiger charge is 2.56. The van der Waals surface area contributed by atoms with E-state index in [1.54, 1.807) is 11.1 Å². The lowest BCUT2D eigenvalue weighted by molar-refractivity contribution is 0.175. The zero-order valence-corrected chi connectivity index (χ0v) is 13.3. The Hall–Kier alpha value is -0.860. The summed E-state index contributed by atoms with van der Waals surface area (Å²) in [4.78, 5) is 2.63. The monoisotopic (exact) mass is 273 g/mol. The van der Waals surface area contributed by atoms with Crippen molar-refractivity contribution in [1.82, 2.24) is 4.90 Å². The highest BCUT2D eigenvalue weighted by molar-refractivity contribution is 5.55. The summed E-state index contributed by atoms with van der Waals surface area (Å²) >= 11 is 0. The standard InChI is InChI=1S/C18H27NO/c1-5-19-11-17-15-9-13(2)14(3)10-16(15)18(17,12-19)7-6-8-20-4/h9-10,17H,5-8,11-12H2,1-4H3. The van der Waals surface area contributed by atoms with E-state index in [0.29, 0.717) is 5.41 Å². The van der Waals surface area contributed by atoms with Gasteiger partial charge in [0, 0.05) is 38.1 Å². The molecule has 0 radical (unpaired) electrons. The number of fused-ring (bicyclic) bond motifs is 4. The highest BCUT2D eigenvalue weighted by atomic mass is 16.5. The molecule has 1 fully saturated rings. The van der Waals surface area contributed by atoms with Crippen molar-refractivity contribution in [2.45, 2.75) is 44.9 Å². The number of likely N-dealkylation sites (N-methyl/N-ethyl adjacent to an activating group) is 1. The molecule has 1 saturated heterocycles. The predicted octanol–water partition coefficient (Wildman–Crippen LogP) is 3.40. The van der Waals surface area contributed by atoms with E-state index in [0.717, 1.165) is 12.5 Å². The summed E-state index contributed by atoms with van der Waals surface area (Å²) in [6.07, 6.45) is 2.45. The number of rotatable bonds is 5. The molecular formula is C18H27NO. The molecule has 20 heavy (non-hydrogen) atoms. The SMILES string of the molecule is CCN1CC2c3cc(C)c(C)cc3C2(CCCOC)C1. The van der Waals surface area contributed by atoms with E-state index in [4.69, 9.17) is 4.74 Å². The molecule has 1 aliphatic carbocycles. The molecule has 0 bridgehead atoms. The average Bonchev–Trinajstić information content (AvgIpc) is 2.77. The second-order valence-corrected chi connectivity index (χ2v) is 6.66. The van der Waals surface area contributed by atoms with E-state index in [9.17, 15) is 0 Å². The van der Waals surface area contributed by atoms with Gasteiger partial charge in [-0.1, -0.05) is 19.1 Å². The molecule has 2 nitrogen and oxygen atoms in total. The minimum absolute atomic E-state index is 0.419. The molecule has 110 valence electrons. The first-order valence-corrected chi connectivity index (χ1v) is 7.95. The van der Waals surface area contributed by atoms with Crippen LogP contribution in [-0.4, -0.2) is 38.3 Å². The fraction of sp³-hybridized carbons (Fsp3) is 0.667. The number of likely N-dealkylation sites (tertiary alicyclic amines) is 1. The number of nitrogens with zero attached hydrogens (tertiary/aromatic N) is 1. The average molecular weight is 273 g/mol. The van der Waals surface area contributed by atoms with Crippen molar-refractivity contribution in [2.24, 2.45) is 0 Å². The zero-order chi connectivity index (χ0) is 14.3. The number of aryl methyl sites for hydroxylation is 2. The Balaban J connectivity index is 1.92. The van der Waals surface area contributed by atoms with Crippen molar-refractivity contribution in [3.63, 3.8) is 0 Å². The van der Waals surface area contributed by atoms with Gasteiger partial charge >= 0.3 is 0 Å². The molecule has 0 amide bonds. The number of benzene rings is 1. The number of ether oxygens (including phenoxy) is 1. The van der Waals surface area contributed by atoms with Crippen molar-refractivity contribution in [3.8, 4) is 0 Å². The molecule has 2 aliphatic rings. The normalized spacial score (nSPS) is 28.1. The third-order valence-corrected chi connectivity index (χ3v) is 5.61.